The number of hydrogen-bond donors (Lipinski definition) is 0. The maximum atomic E-state index is 13.7. The summed E-state index contributed by atoms with van der Waals surface area (Å²) in [7, 11) is 1.62. The van der Waals surface area contributed by atoms with Crippen LogP contribution in [-0.2, 0) is 14.5 Å². The Bertz CT molecular complexity index is 652. The molecule has 0 N–H and O–H groups in total. The first-order chi connectivity index (χ1) is 8.65. The molecule has 0 unspecified atom stereocenters. The van der Waals surface area contributed by atoms with Crippen LogP contribution in [0.25, 0.3) is 0 Å². The molecule has 1 aromatic rings. The van der Waals surface area contributed by atoms with Crippen molar-refractivity contribution < 1.29 is 21.6 Å². The van der Waals surface area contributed by atoms with Gasteiger partial charge in [0.1, 0.15) is 5.82 Å². The predicted molar refractivity (Wildman–Crippen MR) is 63.9 cm³/mol. The molecule has 7 heteroatoms. The number of halogens is 4. The zero-order valence-electron chi connectivity index (χ0n) is 9.72. The standard InChI is InChI=1S/C12H10ClF3O2S/c13-19(17,18)6-11-3-12(4-11,5-11)7-1-9(15)10(16)2-8(7)14/h1-2H,3-6H2. The van der Waals surface area contributed by atoms with Gasteiger partial charge < -0.3 is 0 Å². The van der Waals surface area contributed by atoms with E-state index in [2.05, 4.69) is 0 Å². The number of hydrogen-bond acceptors (Lipinski definition) is 2. The molecular weight excluding hydrogens is 301 g/mol. The van der Waals surface area contributed by atoms with Gasteiger partial charge in [0.05, 0.1) is 5.75 Å². The van der Waals surface area contributed by atoms with Crippen molar-refractivity contribution in [2.24, 2.45) is 5.41 Å². The van der Waals surface area contributed by atoms with Crippen molar-refractivity contribution in [3.63, 3.8) is 0 Å². The molecule has 0 saturated heterocycles. The van der Waals surface area contributed by atoms with Crippen molar-refractivity contribution >= 4 is 19.7 Å². The van der Waals surface area contributed by atoms with Crippen molar-refractivity contribution in [2.75, 3.05) is 5.75 Å². The van der Waals surface area contributed by atoms with E-state index in [0.717, 1.165) is 6.07 Å². The van der Waals surface area contributed by atoms with Crippen molar-refractivity contribution in [1.29, 1.82) is 0 Å². The Kier molecular flexibility index (Phi) is 2.56. The first-order valence-electron chi connectivity index (χ1n) is 5.72. The quantitative estimate of drug-likeness (QED) is 0.635. The molecule has 0 aliphatic heterocycles. The lowest BCUT2D eigenvalue weighted by atomic mass is 9.34. The minimum absolute atomic E-state index is 0.139. The molecule has 0 aromatic heterocycles. The fraction of sp³-hybridized carbons (Fsp3) is 0.500. The van der Waals surface area contributed by atoms with E-state index < -0.39 is 37.3 Å². The van der Waals surface area contributed by atoms with Gasteiger partial charge in [0, 0.05) is 16.7 Å². The van der Waals surface area contributed by atoms with E-state index >= 15 is 0 Å². The zero-order valence-corrected chi connectivity index (χ0v) is 11.3. The maximum absolute atomic E-state index is 13.7. The highest BCUT2D eigenvalue weighted by atomic mass is 35.7. The molecule has 0 heterocycles. The Morgan fingerprint density at radius 1 is 1.05 bits per heavy atom. The van der Waals surface area contributed by atoms with Gasteiger partial charge >= 0.3 is 0 Å². The first-order valence-corrected chi connectivity index (χ1v) is 8.20. The Labute approximate surface area is 113 Å². The second kappa shape index (κ2) is 3.67. The molecule has 104 valence electrons. The summed E-state index contributed by atoms with van der Waals surface area (Å²) in [6, 6.07) is 1.42. The van der Waals surface area contributed by atoms with Gasteiger partial charge in [0.2, 0.25) is 9.05 Å². The smallest absolute Gasteiger partial charge is 0.212 e. The van der Waals surface area contributed by atoms with Crippen LogP contribution in [0.1, 0.15) is 24.8 Å². The summed E-state index contributed by atoms with van der Waals surface area (Å²) in [4.78, 5) is 0. The van der Waals surface area contributed by atoms with Crippen LogP contribution in [-0.4, -0.2) is 14.2 Å². The van der Waals surface area contributed by atoms with Crippen LogP contribution in [0, 0.1) is 22.9 Å². The summed E-state index contributed by atoms with van der Waals surface area (Å²) in [6.07, 6.45) is 1.36. The molecule has 2 bridgehead atoms. The largest absolute Gasteiger partial charge is 0.233 e. The van der Waals surface area contributed by atoms with E-state index in [0.29, 0.717) is 25.3 Å². The summed E-state index contributed by atoms with van der Waals surface area (Å²) in [5.74, 6) is -3.22. The van der Waals surface area contributed by atoms with Crippen molar-refractivity contribution in [2.45, 2.75) is 24.7 Å². The molecule has 3 aliphatic rings. The van der Waals surface area contributed by atoms with Gasteiger partial charge in [-0.1, -0.05) is 0 Å². The van der Waals surface area contributed by atoms with Crippen molar-refractivity contribution in [3.05, 3.63) is 35.1 Å². The zero-order chi connectivity index (χ0) is 14.1. The topological polar surface area (TPSA) is 34.1 Å². The van der Waals surface area contributed by atoms with E-state index in [1.807, 2.05) is 0 Å². The highest BCUT2D eigenvalue weighted by Gasteiger charge is 2.69. The number of rotatable bonds is 3. The van der Waals surface area contributed by atoms with Gasteiger partial charge in [0.15, 0.2) is 11.6 Å². The molecular formula is C12H10ClF3O2S. The number of benzene rings is 1. The van der Waals surface area contributed by atoms with Gasteiger partial charge in [-0.05, 0) is 41.7 Å². The lowest BCUT2D eigenvalue weighted by molar-refractivity contribution is -0.124. The van der Waals surface area contributed by atoms with Crippen LogP contribution in [0.2, 0.25) is 0 Å². The fourth-order valence-electron chi connectivity index (χ4n) is 3.73. The van der Waals surface area contributed by atoms with E-state index in [4.69, 9.17) is 10.7 Å². The Morgan fingerprint density at radius 3 is 2.11 bits per heavy atom. The molecule has 3 saturated carbocycles. The molecule has 4 rings (SSSR count). The highest BCUT2D eigenvalue weighted by Crippen LogP contribution is 2.74. The molecule has 0 amide bonds. The Hall–Kier alpha value is -0.750. The molecule has 3 fully saturated rings. The van der Waals surface area contributed by atoms with Gasteiger partial charge in [0.25, 0.3) is 0 Å². The molecule has 0 atom stereocenters. The van der Waals surface area contributed by atoms with Gasteiger partial charge in [-0.15, -0.1) is 0 Å². The highest BCUT2D eigenvalue weighted by molar-refractivity contribution is 8.13. The predicted octanol–water partition coefficient (Wildman–Crippen LogP) is 3.09. The third-order valence-electron chi connectivity index (χ3n) is 4.20. The second-order valence-corrected chi connectivity index (χ2v) is 8.52. The summed E-state index contributed by atoms with van der Waals surface area (Å²) >= 11 is 0. The summed E-state index contributed by atoms with van der Waals surface area (Å²) < 4.78 is 61.8. The fourth-order valence-corrected chi connectivity index (χ4v) is 5.46. The Morgan fingerprint density at radius 2 is 1.58 bits per heavy atom. The van der Waals surface area contributed by atoms with Crippen LogP contribution >= 0.6 is 10.7 Å². The third-order valence-corrected chi connectivity index (χ3v) is 5.48. The van der Waals surface area contributed by atoms with E-state index in [-0.39, 0.29) is 11.3 Å². The van der Waals surface area contributed by atoms with Gasteiger partial charge in [-0.25, -0.2) is 21.6 Å². The molecule has 1 aromatic carbocycles. The van der Waals surface area contributed by atoms with E-state index in [9.17, 15) is 21.6 Å². The summed E-state index contributed by atoms with van der Waals surface area (Å²) in [5.41, 5.74) is -0.807. The van der Waals surface area contributed by atoms with E-state index in [1.165, 1.54) is 0 Å². The minimum Gasteiger partial charge on any atom is -0.212 e. The Balaban J connectivity index is 1.84. The second-order valence-electron chi connectivity index (χ2n) is 5.74. The SMILES string of the molecule is O=S(=O)(Cl)CC12CC(c3cc(F)c(F)cc3F)(C1)C2. The third kappa shape index (κ3) is 1.96. The summed E-state index contributed by atoms with van der Waals surface area (Å²) in [5, 5.41) is 0. The monoisotopic (exact) mass is 310 g/mol. The lowest BCUT2D eigenvalue weighted by Gasteiger charge is -2.70. The lowest BCUT2D eigenvalue weighted by Crippen LogP contribution is -2.66. The first kappa shape index (κ1) is 13.2. The van der Waals surface area contributed by atoms with Gasteiger partial charge in [-0.3, -0.25) is 0 Å². The molecule has 0 spiro atoms. The van der Waals surface area contributed by atoms with Crippen LogP contribution in [0.4, 0.5) is 13.2 Å². The summed E-state index contributed by atoms with van der Waals surface area (Å²) in [6.45, 7) is 0. The average Bonchev–Trinajstić information content (AvgIpc) is 2.14. The average molecular weight is 311 g/mol. The van der Waals surface area contributed by atoms with E-state index in [1.54, 1.807) is 0 Å². The minimum atomic E-state index is -3.59. The molecule has 2 nitrogen and oxygen atoms in total. The van der Waals surface area contributed by atoms with Gasteiger partial charge in [-0.2, -0.15) is 0 Å². The van der Waals surface area contributed by atoms with Crippen LogP contribution in [0.15, 0.2) is 12.1 Å². The molecule has 3 aliphatic carbocycles. The van der Waals surface area contributed by atoms with Crippen LogP contribution < -0.4 is 0 Å². The maximum Gasteiger partial charge on any atom is 0.233 e. The molecule has 0 radical (unpaired) electrons. The normalized spacial score (nSPS) is 32.6. The van der Waals surface area contributed by atoms with Crippen LogP contribution in [0.5, 0.6) is 0 Å². The van der Waals surface area contributed by atoms with Crippen LogP contribution in [0.3, 0.4) is 0 Å². The van der Waals surface area contributed by atoms with Crippen molar-refractivity contribution in [3.8, 4) is 0 Å². The molecule has 19 heavy (non-hydrogen) atoms. The van der Waals surface area contributed by atoms with Crippen molar-refractivity contribution in [1.82, 2.24) is 0 Å².